The lowest BCUT2D eigenvalue weighted by Crippen LogP contribution is -2.43. The number of nitrogens with zero attached hydrogens (tertiary/aromatic N) is 2. The van der Waals surface area contributed by atoms with Crippen molar-refractivity contribution in [2.24, 2.45) is 11.8 Å². The first-order valence-corrected chi connectivity index (χ1v) is 7.04. The molecule has 1 fully saturated rings. The minimum absolute atomic E-state index is 0.355. The molecule has 19 heavy (non-hydrogen) atoms. The number of likely N-dealkylation sites (tertiary alicyclic amines) is 1. The molecule has 2 rings (SSSR count). The zero-order chi connectivity index (χ0) is 14.0. The van der Waals surface area contributed by atoms with Crippen LogP contribution < -0.4 is 16.6 Å². The fourth-order valence-electron chi connectivity index (χ4n) is 2.41. The van der Waals surface area contributed by atoms with Gasteiger partial charge in [0.05, 0.1) is 10.0 Å². The molecule has 106 valence electrons. The Kier molecular flexibility index (Phi) is 4.73. The van der Waals surface area contributed by atoms with E-state index in [1.165, 1.54) is 0 Å². The Labute approximate surface area is 123 Å². The molecule has 2 atom stereocenters. The highest BCUT2D eigenvalue weighted by molar-refractivity contribution is 6.37. The summed E-state index contributed by atoms with van der Waals surface area (Å²) in [5, 5.41) is 4.32. The molecule has 2 unspecified atom stereocenters. The number of aromatic nitrogens is 1. The fraction of sp³-hybridized carbons (Fsp3) is 0.583. The van der Waals surface area contributed by atoms with Gasteiger partial charge in [0.2, 0.25) is 0 Å². The Morgan fingerprint density at radius 1 is 1.37 bits per heavy atom. The predicted molar refractivity (Wildman–Crippen MR) is 80.8 cm³/mol. The van der Waals surface area contributed by atoms with Crippen molar-refractivity contribution < 1.29 is 0 Å². The molecular weight excluding hydrogens is 285 g/mol. The van der Waals surface area contributed by atoms with Crippen LogP contribution in [0.4, 0.5) is 11.6 Å². The topological polar surface area (TPSA) is 66.2 Å². The van der Waals surface area contributed by atoms with Gasteiger partial charge >= 0.3 is 0 Å². The molecule has 0 radical (unpaired) electrons. The minimum Gasteiger partial charge on any atom is -0.366 e. The van der Waals surface area contributed by atoms with Crippen LogP contribution in [0.5, 0.6) is 0 Å². The molecule has 1 aliphatic heterocycles. The standard InChI is InChI=1S/C12H19Cl2N5/c1-7-6-19(2)4-3-10(7)16-11-8(13)5-9(14)12(17-11)18-15/h5,7,10H,3-4,6,15H2,1-2H3,(H2,16,17,18). The Hall–Kier alpha value is -0.750. The van der Waals surface area contributed by atoms with Gasteiger partial charge in [-0.2, -0.15) is 0 Å². The maximum absolute atomic E-state index is 6.17. The van der Waals surface area contributed by atoms with Gasteiger partial charge in [-0.15, -0.1) is 0 Å². The van der Waals surface area contributed by atoms with Crippen LogP contribution in [0.3, 0.4) is 0 Å². The molecule has 0 aliphatic carbocycles. The average Bonchev–Trinajstić information content (AvgIpc) is 2.35. The van der Waals surface area contributed by atoms with Gasteiger partial charge in [0, 0.05) is 12.6 Å². The Morgan fingerprint density at radius 3 is 2.68 bits per heavy atom. The molecule has 1 aromatic heterocycles. The molecule has 0 bridgehead atoms. The number of nitrogens with one attached hydrogen (secondary N) is 2. The Morgan fingerprint density at radius 2 is 2.05 bits per heavy atom. The maximum atomic E-state index is 6.17. The quantitative estimate of drug-likeness (QED) is 0.591. The normalized spacial score (nSPS) is 24.3. The lowest BCUT2D eigenvalue weighted by atomic mass is 9.94. The first-order chi connectivity index (χ1) is 9.01. The van der Waals surface area contributed by atoms with Crippen LogP contribution in [0.25, 0.3) is 0 Å². The molecule has 7 heteroatoms. The largest absolute Gasteiger partial charge is 0.366 e. The predicted octanol–water partition coefficient (Wildman–Crippen LogP) is 2.43. The highest BCUT2D eigenvalue weighted by Crippen LogP contribution is 2.30. The number of hydrazine groups is 1. The van der Waals surface area contributed by atoms with E-state index in [9.17, 15) is 0 Å². The molecule has 0 aromatic carbocycles. The number of rotatable bonds is 3. The Bertz CT molecular complexity index is 454. The van der Waals surface area contributed by atoms with Crippen molar-refractivity contribution in [3.05, 3.63) is 16.1 Å². The zero-order valence-electron chi connectivity index (χ0n) is 11.1. The lowest BCUT2D eigenvalue weighted by molar-refractivity contribution is 0.206. The van der Waals surface area contributed by atoms with Gasteiger partial charge in [0.1, 0.15) is 5.82 Å². The van der Waals surface area contributed by atoms with Gasteiger partial charge in [-0.25, -0.2) is 10.8 Å². The van der Waals surface area contributed by atoms with Crippen LogP contribution in [0.1, 0.15) is 13.3 Å². The SMILES string of the molecule is CC1CN(C)CCC1Nc1nc(NN)c(Cl)cc1Cl. The van der Waals surface area contributed by atoms with E-state index in [1.54, 1.807) is 6.07 Å². The van der Waals surface area contributed by atoms with Crippen LogP contribution in [-0.4, -0.2) is 36.1 Å². The summed E-state index contributed by atoms with van der Waals surface area (Å²) in [6.07, 6.45) is 1.06. The van der Waals surface area contributed by atoms with Crippen molar-refractivity contribution in [2.75, 3.05) is 30.9 Å². The summed E-state index contributed by atoms with van der Waals surface area (Å²) in [5.41, 5.74) is 2.47. The van der Waals surface area contributed by atoms with Crippen molar-refractivity contribution in [3.63, 3.8) is 0 Å². The molecule has 5 nitrogen and oxygen atoms in total. The molecule has 2 heterocycles. The molecular formula is C12H19Cl2N5. The molecule has 4 N–H and O–H groups in total. The maximum Gasteiger partial charge on any atom is 0.161 e. The van der Waals surface area contributed by atoms with E-state index >= 15 is 0 Å². The summed E-state index contributed by atoms with van der Waals surface area (Å²) in [6, 6.07) is 2.00. The van der Waals surface area contributed by atoms with Gasteiger partial charge < -0.3 is 15.6 Å². The van der Waals surface area contributed by atoms with Crippen LogP contribution in [0.2, 0.25) is 10.0 Å². The number of hydrogen-bond donors (Lipinski definition) is 3. The van der Waals surface area contributed by atoms with E-state index in [0.717, 1.165) is 19.5 Å². The van der Waals surface area contributed by atoms with E-state index in [4.69, 9.17) is 29.0 Å². The van der Waals surface area contributed by atoms with Crippen molar-refractivity contribution >= 4 is 34.8 Å². The second-order valence-electron chi connectivity index (χ2n) is 5.07. The number of nitrogens with two attached hydrogens (primary N) is 1. The van der Waals surface area contributed by atoms with Gasteiger partial charge in [0.25, 0.3) is 0 Å². The number of piperidine rings is 1. The second kappa shape index (κ2) is 6.13. The summed E-state index contributed by atoms with van der Waals surface area (Å²) in [7, 11) is 2.14. The molecule has 0 saturated carbocycles. The summed E-state index contributed by atoms with van der Waals surface area (Å²) in [6.45, 7) is 4.35. The number of anilines is 2. The fourth-order valence-corrected chi connectivity index (χ4v) is 2.88. The van der Waals surface area contributed by atoms with Gasteiger partial charge in [-0.1, -0.05) is 30.1 Å². The first-order valence-electron chi connectivity index (χ1n) is 6.29. The van der Waals surface area contributed by atoms with E-state index in [0.29, 0.717) is 33.6 Å². The van der Waals surface area contributed by atoms with Crippen molar-refractivity contribution in [3.8, 4) is 0 Å². The van der Waals surface area contributed by atoms with Gasteiger partial charge in [0.15, 0.2) is 5.82 Å². The van der Waals surface area contributed by atoms with Gasteiger partial charge in [-0.05, 0) is 32.0 Å². The Balaban J connectivity index is 2.14. The molecule has 0 amide bonds. The third-order valence-corrected chi connectivity index (χ3v) is 4.07. The smallest absolute Gasteiger partial charge is 0.161 e. The third kappa shape index (κ3) is 3.42. The van der Waals surface area contributed by atoms with Crippen molar-refractivity contribution in [1.29, 1.82) is 0 Å². The van der Waals surface area contributed by atoms with Crippen LogP contribution in [-0.2, 0) is 0 Å². The molecule has 1 saturated heterocycles. The number of halogens is 2. The van der Waals surface area contributed by atoms with E-state index in [1.807, 2.05) is 0 Å². The first kappa shape index (κ1) is 14.7. The lowest BCUT2D eigenvalue weighted by Gasteiger charge is -2.35. The van der Waals surface area contributed by atoms with Crippen LogP contribution in [0.15, 0.2) is 6.07 Å². The zero-order valence-corrected chi connectivity index (χ0v) is 12.6. The highest BCUT2D eigenvalue weighted by atomic mass is 35.5. The summed E-state index contributed by atoms with van der Waals surface area (Å²) in [4.78, 5) is 6.64. The third-order valence-electron chi connectivity index (χ3n) is 3.50. The number of hydrogen-bond acceptors (Lipinski definition) is 5. The number of nitrogen functional groups attached to an aromatic ring is 1. The highest BCUT2D eigenvalue weighted by Gasteiger charge is 2.25. The second-order valence-corrected chi connectivity index (χ2v) is 5.89. The van der Waals surface area contributed by atoms with E-state index < -0.39 is 0 Å². The van der Waals surface area contributed by atoms with Crippen LogP contribution in [0, 0.1) is 5.92 Å². The molecule has 1 aliphatic rings. The molecule has 0 spiro atoms. The minimum atomic E-state index is 0.355. The summed E-state index contributed by atoms with van der Waals surface area (Å²) >= 11 is 12.1. The van der Waals surface area contributed by atoms with E-state index in [-0.39, 0.29) is 0 Å². The molecule has 1 aromatic rings. The van der Waals surface area contributed by atoms with Gasteiger partial charge in [-0.3, -0.25) is 0 Å². The average molecular weight is 304 g/mol. The summed E-state index contributed by atoms with van der Waals surface area (Å²) < 4.78 is 0. The van der Waals surface area contributed by atoms with E-state index in [2.05, 4.69) is 34.6 Å². The van der Waals surface area contributed by atoms with Crippen LogP contribution >= 0.6 is 23.2 Å². The van der Waals surface area contributed by atoms with Crippen molar-refractivity contribution in [2.45, 2.75) is 19.4 Å². The summed E-state index contributed by atoms with van der Waals surface area (Å²) in [5.74, 6) is 6.95. The monoisotopic (exact) mass is 303 g/mol. The number of pyridine rings is 1. The van der Waals surface area contributed by atoms with Crippen molar-refractivity contribution in [1.82, 2.24) is 9.88 Å².